The largest absolute Gasteiger partial charge is 0.435 e. The highest BCUT2D eigenvalue weighted by Crippen LogP contribution is 2.52. The Morgan fingerprint density at radius 1 is 1.06 bits per heavy atom. The molecule has 0 saturated heterocycles. The maximum absolute atomic E-state index is 13.3. The summed E-state index contributed by atoms with van der Waals surface area (Å²) in [6.45, 7) is 2.45. The van der Waals surface area contributed by atoms with Crippen molar-refractivity contribution in [3.63, 3.8) is 0 Å². The lowest BCUT2D eigenvalue weighted by Crippen LogP contribution is -2.23. The highest BCUT2D eigenvalue weighted by atomic mass is 19.3. The highest BCUT2D eigenvalue weighted by molar-refractivity contribution is 5.85. The number of hydrogen-bond acceptors (Lipinski definition) is 6. The summed E-state index contributed by atoms with van der Waals surface area (Å²) in [6.07, 6.45) is 4.14. The number of nitrogens with zero attached hydrogens (tertiary/aromatic N) is 3. The quantitative estimate of drug-likeness (QED) is 0.380. The molecule has 2 aromatic carbocycles. The number of aliphatic hydroxyl groups is 1. The van der Waals surface area contributed by atoms with E-state index in [2.05, 4.69) is 21.4 Å². The number of hydrogen-bond donors (Lipinski definition) is 2. The lowest BCUT2D eigenvalue weighted by Gasteiger charge is -2.24. The van der Waals surface area contributed by atoms with E-state index in [0.717, 1.165) is 50.8 Å². The first-order valence-electron chi connectivity index (χ1n) is 12.0. The molecule has 2 aliphatic rings. The fourth-order valence-corrected chi connectivity index (χ4v) is 5.53. The fourth-order valence-electron chi connectivity index (χ4n) is 5.53. The van der Waals surface area contributed by atoms with Gasteiger partial charge in [0.25, 0.3) is 0 Å². The Labute approximate surface area is 207 Å². The van der Waals surface area contributed by atoms with Crippen molar-refractivity contribution in [3.05, 3.63) is 83.1 Å². The molecule has 184 valence electrons. The minimum absolute atomic E-state index is 0.0175. The van der Waals surface area contributed by atoms with Gasteiger partial charge in [0.15, 0.2) is 5.82 Å². The van der Waals surface area contributed by atoms with Gasteiger partial charge in [-0.1, -0.05) is 18.2 Å². The Kier molecular flexibility index (Phi) is 5.28. The van der Waals surface area contributed by atoms with Crippen molar-refractivity contribution in [1.82, 2.24) is 20.3 Å². The van der Waals surface area contributed by atoms with Crippen molar-refractivity contribution in [2.75, 3.05) is 0 Å². The Morgan fingerprint density at radius 2 is 1.83 bits per heavy atom. The lowest BCUT2D eigenvalue weighted by molar-refractivity contribution is -0.0506. The molecule has 4 aromatic rings. The van der Waals surface area contributed by atoms with E-state index in [1.807, 2.05) is 31.2 Å². The molecule has 1 aliphatic carbocycles. The van der Waals surface area contributed by atoms with Gasteiger partial charge in [0.2, 0.25) is 0 Å². The van der Waals surface area contributed by atoms with Crippen molar-refractivity contribution in [2.24, 2.45) is 0 Å². The maximum atomic E-state index is 13.3. The van der Waals surface area contributed by atoms with Gasteiger partial charge in [0, 0.05) is 40.9 Å². The normalized spacial score (nSPS) is 20.8. The van der Waals surface area contributed by atoms with Gasteiger partial charge in [-0.2, -0.15) is 8.78 Å². The molecule has 3 atom stereocenters. The predicted molar refractivity (Wildman–Crippen MR) is 132 cm³/mol. The highest BCUT2D eigenvalue weighted by Gasteiger charge is 2.40. The summed E-state index contributed by atoms with van der Waals surface area (Å²) < 4.78 is 31.5. The van der Waals surface area contributed by atoms with Crippen LogP contribution in [-0.2, 0) is 5.60 Å². The smallest absolute Gasteiger partial charge is 0.387 e. The molecule has 1 aliphatic heterocycles. The maximum Gasteiger partial charge on any atom is 0.387 e. The van der Waals surface area contributed by atoms with Crippen LogP contribution < -0.4 is 10.1 Å². The molecule has 0 radical (unpaired) electrons. The average molecular weight is 489 g/mol. The summed E-state index contributed by atoms with van der Waals surface area (Å²) in [5.74, 6) is 0.493. The number of pyridine rings is 1. The molecule has 0 spiro atoms. The van der Waals surface area contributed by atoms with E-state index >= 15 is 0 Å². The van der Waals surface area contributed by atoms with E-state index in [9.17, 15) is 13.9 Å². The fraction of sp³-hybridized carbons (Fsp3) is 0.321. The van der Waals surface area contributed by atoms with Gasteiger partial charge in [-0.25, -0.2) is 9.97 Å². The zero-order valence-corrected chi connectivity index (χ0v) is 20.2. The van der Waals surface area contributed by atoms with Crippen LogP contribution in [0.1, 0.15) is 73.4 Å². The van der Waals surface area contributed by atoms with Gasteiger partial charge in [0.1, 0.15) is 11.4 Å². The van der Waals surface area contributed by atoms with Crippen LogP contribution in [0.5, 0.6) is 5.75 Å². The first-order chi connectivity index (χ1) is 17.2. The third-order valence-corrected chi connectivity index (χ3v) is 7.17. The Hall–Kier alpha value is -3.49. The summed E-state index contributed by atoms with van der Waals surface area (Å²) >= 11 is 0. The molecule has 6 nitrogen and oxygen atoms in total. The van der Waals surface area contributed by atoms with E-state index in [1.165, 1.54) is 0 Å². The molecule has 2 bridgehead atoms. The van der Waals surface area contributed by atoms with Crippen LogP contribution in [0.3, 0.4) is 0 Å². The van der Waals surface area contributed by atoms with E-state index in [1.54, 1.807) is 38.4 Å². The Balaban J connectivity index is 1.45. The summed E-state index contributed by atoms with van der Waals surface area (Å²) in [4.78, 5) is 13.7. The zero-order chi connectivity index (χ0) is 25.2. The van der Waals surface area contributed by atoms with Gasteiger partial charge in [0.05, 0.1) is 17.3 Å². The minimum Gasteiger partial charge on any atom is -0.435 e. The molecule has 6 rings (SSSR count). The monoisotopic (exact) mass is 488 g/mol. The Morgan fingerprint density at radius 3 is 2.56 bits per heavy atom. The number of aromatic nitrogens is 3. The molecular formula is C28H26F2N4O2. The van der Waals surface area contributed by atoms with Crippen LogP contribution in [0.15, 0.2) is 54.9 Å². The number of fused-ring (bicyclic) bond motifs is 8. The number of alkyl halides is 2. The summed E-state index contributed by atoms with van der Waals surface area (Å²) in [5.41, 5.74) is 5.29. The molecular weight excluding hydrogens is 462 g/mol. The summed E-state index contributed by atoms with van der Waals surface area (Å²) in [6, 6.07) is 13.5. The SMILES string of the molecule is C[C@@H]1N[C@@H]2C[C@H](c3cc4cc(-c5cnc(C(C)(C)O)nc5)ccc4nc32)c2c(OC(F)F)cccc21. The van der Waals surface area contributed by atoms with Gasteiger partial charge in [-0.15, -0.1) is 0 Å². The van der Waals surface area contributed by atoms with Gasteiger partial charge in [-0.05, 0) is 68.1 Å². The molecule has 0 fully saturated rings. The van der Waals surface area contributed by atoms with E-state index in [0.29, 0.717) is 5.82 Å². The number of benzene rings is 2. The summed E-state index contributed by atoms with van der Waals surface area (Å²) in [7, 11) is 0. The van der Waals surface area contributed by atoms with E-state index < -0.39 is 12.2 Å². The summed E-state index contributed by atoms with van der Waals surface area (Å²) in [5, 5.41) is 14.7. The van der Waals surface area contributed by atoms with Crippen molar-refractivity contribution >= 4 is 10.9 Å². The van der Waals surface area contributed by atoms with E-state index in [4.69, 9.17) is 9.72 Å². The predicted octanol–water partition coefficient (Wildman–Crippen LogP) is 5.76. The minimum atomic E-state index is -2.89. The molecule has 2 aromatic heterocycles. The molecule has 0 saturated carbocycles. The van der Waals surface area contributed by atoms with Crippen molar-refractivity contribution in [2.45, 2.75) is 57.4 Å². The average Bonchev–Trinajstić information content (AvgIpc) is 3.09. The Bertz CT molecular complexity index is 1470. The molecule has 2 N–H and O–H groups in total. The standard InChI is InChI=1S/C28H26F2N4O2/c1-14-18-5-4-6-23(36-27(29)30)24(18)19-11-22(33-14)25-20(19)10-16-9-15(7-8-21(16)34-25)17-12-31-26(32-13-17)28(2,3)35/h4-10,12-14,19,22,27,33,35H,11H2,1-3H3/t14-,19+,22+/m0/s1. The third-order valence-electron chi connectivity index (χ3n) is 7.17. The molecule has 0 amide bonds. The van der Waals surface area contributed by atoms with Gasteiger partial charge >= 0.3 is 6.61 Å². The van der Waals surface area contributed by atoms with Crippen LogP contribution in [0.2, 0.25) is 0 Å². The number of rotatable bonds is 4. The number of halogens is 2. The lowest BCUT2D eigenvalue weighted by atomic mass is 9.87. The molecule has 8 heteroatoms. The van der Waals surface area contributed by atoms with E-state index in [-0.39, 0.29) is 23.8 Å². The second-order valence-electron chi connectivity index (χ2n) is 10.1. The second kappa shape index (κ2) is 8.28. The van der Waals surface area contributed by atoms with Crippen LogP contribution in [0.4, 0.5) is 8.78 Å². The van der Waals surface area contributed by atoms with Crippen LogP contribution in [0.25, 0.3) is 22.0 Å². The van der Waals surface area contributed by atoms with Gasteiger partial charge < -0.3 is 15.2 Å². The van der Waals surface area contributed by atoms with Crippen LogP contribution >= 0.6 is 0 Å². The van der Waals surface area contributed by atoms with Crippen LogP contribution in [0, 0.1) is 0 Å². The van der Waals surface area contributed by atoms with Crippen molar-refractivity contribution in [3.8, 4) is 16.9 Å². The van der Waals surface area contributed by atoms with Crippen molar-refractivity contribution in [1.29, 1.82) is 0 Å². The number of nitrogens with one attached hydrogen (secondary N) is 1. The van der Waals surface area contributed by atoms with Crippen LogP contribution in [-0.4, -0.2) is 26.7 Å². The second-order valence-corrected chi connectivity index (χ2v) is 10.1. The first kappa shape index (κ1) is 22.9. The topological polar surface area (TPSA) is 80.2 Å². The number of ether oxygens (including phenoxy) is 1. The first-order valence-corrected chi connectivity index (χ1v) is 12.0. The molecule has 36 heavy (non-hydrogen) atoms. The van der Waals surface area contributed by atoms with Crippen molar-refractivity contribution < 1.29 is 18.6 Å². The van der Waals surface area contributed by atoms with Gasteiger partial charge in [-0.3, -0.25) is 4.98 Å². The molecule has 3 heterocycles. The zero-order valence-electron chi connectivity index (χ0n) is 20.2. The third kappa shape index (κ3) is 3.81. The molecule has 0 unspecified atom stereocenters.